The van der Waals surface area contributed by atoms with Gasteiger partial charge < -0.3 is 10.6 Å². The highest BCUT2D eigenvalue weighted by Crippen LogP contribution is 2.25. The van der Waals surface area contributed by atoms with Crippen LogP contribution in [0.4, 0.5) is 5.69 Å². The van der Waals surface area contributed by atoms with E-state index in [1.807, 2.05) is 0 Å². The number of anilines is 1. The highest BCUT2D eigenvalue weighted by Gasteiger charge is 2.20. The van der Waals surface area contributed by atoms with Crippen molar-refractivity contribution < 1.29 is 0 Å². The first-order valence-electron chi connectivity index (χ1n) is 5.25. The Morgan fingerprint density at radius 3 is 2.79 bits per heavy atom. The summed E-state index contributed by atoms with van der Waals surface area (Å²) in [5.74, 6) is 0. The van der Waals surface area contributed by atoms with E-state index in [-0.39, 0.29) is 0 Å². The average molecular weight is 190 g/mol. The zero-order chi connectivity index (χ0) is 10.1. The largest absolute Gasteiger partial charge is 0.370 e. The number of aryl methyl sites for hydroxylation is 1. The second kappa shape index (κ2) is 3.62. The van der Waals surface area contributed by atoms with E-state index in [4.69, 9.17) is 5.73 Å². The van der Waals surface area contributed by atoms with E-state index in [1.165, 1.54) is 16.8 Å². The molecule has 0 bridgehead atoms. The van der Waals surface area contributed by atoms with Crippen molar-refractivity contribution in [1.29, 1.82) is 0 Å². The number of hydrogen-bond donors (Lipinski definition) is 1. The smallest absolute Gasteiger partial charge is 0.0399 e. The Morgan fingerprint density at radius 1 is 1.36 bits per heavy atom. The maximum absolute atomic E-state index is 5.91. The van der Waals surface area contributed by atoms with Crippen molar-refractivity contribution in [2.75, 3.05) is 18.0 Å². The van der Waals surface area contributed by atoms with Crippen LogP contribution in [0.1, 0.15) is 17.5 Å². The third-order valence-corrected chi connectivity index (χ3v) is 3.14. The lowest BCUT2D eigenvalue weighted by molar-refractivity contribution is 0.752. The second-order valence-electron chi connectivity index (χ2n) is 4.21. The molecular weight excluding hydrogens is 172 g/mol. The summed E-state index contributed by atoms with van der Waals surface area (Å²) in [6.07, 6.45) is 1.12. The summed E-state index contributed by atoms with van der Waals surface area (Å²) in [6.45, 7) is 6.46. The van der Waals surface area contributed by atoms with Gasteiger partial charge in [0.15, 0.2) is 0 Å². The van der Waals surface area contributed by atoms with Crippen LogP contribution < -0.4 is 10.6 Å². The van der Waals surface area contributed by atoms with Gasteiger partial charge in [-0.2, -0.15) is 0 Å². The van der Waals surface area contributed by atoms with E-state index in [9.17, 15) is 0 Å². The summed E-state index contributed by atoms with van der Waals surface area (Å²) in [7, 11) is 0. The number of rotatable bonds is 1. The van der Waals surface area contributed by atoms with Crippen LogP contribution in [-0.4, -0.2) is 19.1 Å². The van der Waals surface area contributed by atoms with Gasteiger partial charge in [-0.3, -0.25) is 0 Å². The van der Waals surface area contributed by atoms with Gasteiger partial charge in [0.05, 0.1) is 0 Å². The molecule has 0 amide bonds. The monoisotopic (exact) mass is 190 g/mol. The molecule has 2 heteroatoms. The molecule has 1 atom stereocenters. The Kier molecular flexibility index (Phi) is 2.46. The second-order valence-corrected chi connectivity index (χ2v) is 4.21. The lowest BCUT2D eigenvalue weighted by Crippen LogP contribution is -2.26. The van der Waals surface area contributed by atoms with Gasteiger partial charge in [0.2, 0.25) is 0 Å². The summed E-state index contributed by atoms with van der Waals surface area (Å²) >= 11 is 0. The normalized spacial score (nSPS) is 21.6. The van der Waals surface area contributed by atoms with Crippen LogP contribution in [0, 0.1) is 13.8 Å². The fourth-order valence-electron chi connectivity index (χ4n) is 2.08. The van der Waals surface area contributed by atoms with Crippen LogP contribution in [0.3, 0.4) is 0 Å². The molecule has 1 aromatic carbocycles. The van der Waals surface area contributed by atoms with Crippen molar-refractivity contribution in [3.8, 4) is 0 Å². The molecule has 0 aromatic heterocycles. The minimum Gasteiger partial charge on any atom is -0.370 e. The molecule has 0 aliphatic carbocycles. The minimum atomic E-state index is 0.356. The molecule has 2 rings (SSSR count). The van der Waals surface area contributed by atoms with Crippen molar-refractivity contribution in [3.63, 3.8) is 0 Å². The summed E-state index contributed by atoms with van der Waals surface area (Å²) in [5, 5.41) is 0. The molecule has 0 spiro atoms. The molecular formula is C12H18N2. The Hall–Kier alpha value is -1.02. The molecule has 1 aliphatic rings. The van der Waals surface area contributed by atoms with Crippen LogP contribution in [-0.2, 0) is 0 Å². The zero-order valence-corrected chi connectivity index (χ0v) is 8.96. The number of benzene rings is 1. The molecule has 1 saturated heterocycles. The van der Waals surface area contributed by atoms with Crippen molar-refractivity contribution in [1.82, 2.24) is 0 Å². The summed E-state index contributed by atoms with van der Waals surface area (Å²) in [4.78, 5) is 2.40. The molecule has 0 unspecified atom stereocenters. The van der Waals surface area contributed by atoms with Crippen LogP contribution in [0.25, 0.3) is 0 Å². The minimum absolute atomic E-state index is 0.356. The fraction of sp³-hybridized carbons (Fsp3) is 0.500. The topological polar surface area (TPSA) is 29.3 Å². The molecule has 2 nitrogen and oxygen atoms in total. The van der Waals surface area contributed by atoms with Gasteiger partial charge in [0.1, 0.15) is 0 Å². The summed E-state index contributed by atoms with van der Waals surface area (Å²) < 4.78 is 0. The number of nitrogens with two attached hydrogens (primary N) is 1. The maximum atomic E-state index is 5.91. The zero-order valence-electron chi connectivity index (χ0n) is 8.96. The van der Waals surface area contributed by atoms with E-state index in [0.717, 1.165) is 19.5 Å². The van der Waals surface area contributed by atoms with Crippen LogP contribution in [0.15, 0.2) is 18.2 Å². The first-order chi connectivity index (χ1) is 6.68. The summed E-state index contributed by atoms with van der Waals surface area (Å²) in [5.41, 5.74) is 10.0. The first kappa shape index (κ1) is 9.53. The predicted octanol–water partition coefficient (Wildman–Crippen LogP) is 1.84. The first-order valence-corrected chi connectivity index (χ1v) is 5.25. The molecule has 0 radical (unpaired) electrons. The Morgan fingerprint density at radius 2 is 2.14 bits per heavy atom. The van der Waals surface area contributed by atoms with Crippen molar-refractivity contribution in [2.24, 2.45) is 5.73 Å². The lowest BCUT2D eigenvalue weighted by Gasteiger charge is -2.21. The highest BCUT2D eigenvalue weighted by molar-refractivity contribution is 5.56. The van der Waals surface area contributed by atoms with Gasteiger partial charge in [-0.15, -0.1) is 0 Å². The average Bonchev–Trinajstić information content (AvgIpc) is 2.57. The standard InChI is InChI=1S/C12H18N2/c1-9-4-3-5-12(10(9)2)14-7-6-11(13)8-14/h3-5,11H,6-8,13H2,1-2H3/t11-/m0/s1. The predicted molar refractivity (Wildman–Crippen MR) is 60.7 cm³/mol. The van der Waals surface area contributed by atoms with E-state index in [1.54, 1.807) is 0 Å². The molecule has 1 fully saturated rings. The van der Waals surface area contributed by atoms with Crippen molar-refractivity contribution >= 4 is 5.69 Å². The summed E-state index contributed by atoms with van der Waals surface area (Å²) in [6, 6.07) is 6.84. The van der Waals surface area contributed by atoms with Crippen molar-refractivity contribution in [2.45, 2.75) is 26.3 Å². The van der Waals surface area contributed by atoms with Gasteiger partial charge >= 0.3 is 0 Å². The van der Waals surface area contributed by atoms with Gasteiger partial charge in [0, 0.05) is 24.8 Å². The molecule has 2 N–H and O–H groups in total. The molecule has 76 valence electrons. The Balaban J connectivity index is 2.28. The molecule has 1 aliphatic heterocycles. The third kappa shape index (κ3) is 1.62. The molecule has 1 aromatic rings. The van der Waals surface area contributed by atoms with E-state index in [2.05, 4.69) is 36.9 Å². The third-order valence-electron chi connectivity index (χ3n) is 3.14. The Labute approximate surface area is 85.7 Å². The van der Waals surface area contributed by atoms with E-state index in [0.29, 0.717) is 6.04 Å². The highest BCUT2D eigenvalue weighted by atomic mass is 15.2. The van der Waals surface area contributed by atoms with E-state index < -0.39 is 0 Å². The SMILES string of the molecule is Cc1cccc(N2CC[C@H](N)C2)c1C. The van der Waals surface area contributed by atoms with Crippen LogP contribution in [0.2, 0.25) is 0 Å². The number of nitrogens with zero attached hydrogens (tertiary/aromatic N) is 1. The van der Waals surface area contributed by atoms with Crippen LogP contribution >= 0.6 is 0 Å². The van der Waals surface area contributed by atoms with Crippen molar-refractivity contribution in [3.05, 3.63) is 29.3 Å². The lowest BCUT2D eigenvalue weighted by atomic mass is 10.1. The molecule has 14 heavy (non-hydrogen) atoms. The van der Waals surface area contributed by atoms with Gasteiger partial charge in [0.25, 0.3) is 0 Å². The van der Waals surface area contributed by atoms with E-state index >= 15 is 0 Å². The maximum Gasteiger partial charge on any atom is 0.0399 e. The fourth-order valence-corrected chi connectivity index (χ4v) is 2.08. The van der Waals surface area contributed by atoms with Gasteiger partial charge in [-0.25, -0.2) is 0 Å². The Bertz CT molecular complexity index is 333. The van der Waals surface area contributed by atoms with Gasteiger partial charge in [-0.1, -0.05) is 12.1 Å². The van der Waals surface area contributed by atoms with Crippen LogP contribution in [0.5, 0.6) is 0 Å². The molecule has 1 heterocycles. The van der Waals surface area contributed by atoms with Gasteiger partial charge in [-0.05, 0) is 37.5 Å². The quantitative estimate of drug-likeness (QED) is 0.732. The number of hydrogen-bond acceptors (Lipinski definition) is 2. The molecule has 0 saturated carbocycles.